The summed E-state index contributed by atoms with van der Waals surface area (Å²) < 4.78 is 13.6. The lowest BCUT2D eigenvalue weighted by atomic mass is 9.89. The van der Waals surface area contributed by atoms with Crippen molar-refractivity contribution >= 4 is 54.6 Å². The third kappa shape index (κ3) is 7.68. The summed E-state index contributed by atoms with van der Waals surface area (Å²) in [5.41, 5.74) is 9.78. The topological polar surface area (TPSA) is 18.5 Å². The summed E-state index contributed by atoms with van der Waals surface area (Å²) in [6, 6.07) is 21.3. The van der Waals surface area contributed by atoms with Crippen molar-refractivity contribution in [2.24, 2.45) is 0 Å². The van der Waals surface area contributed by atoms with Gasteiger partial charge in [0, 0.05) is 21.7 Å². The molecule has 0 saturated carbocycles. The fourth-order valence-corrected chi connectivity index (χ4v) is 9.41. The van der Waals surface area contributed by atoms with Gasteiger partial charge in [0.1, 0.15) is 0 Å². The van der Waals surface area contributed by atoms with Crippen LogP contribution in [0.3, 0.4) is 0 Å². The van der Waals surface area contributed by atoms with Gasteiger partial charge in [-0.3, -0.25) is 0 Å². The van der Waals surface area contributed by atoms with Gasteiger partial charge in [0.05, 0.1) is 11.0 Å². The molecule has 0 amide bonds. The summed E-state index contributed by atoms with van der Waals surface area (Å²) in [5, 5.41) is 2.50. The van der Waals surface area contributed by atoms with Gasteiger partial charge in [0.25, 0.3) is 0 Å². The molecule has 0 fully saturated rings. The van der Waals surface area contributed by atoms with Crippen LogP contribution in [0.4, 0.5) is 0 Å². The molecule has 0 N–H and O–H groups in total. The van der Waals surface area contributed by atoms with E-state index in [0.29, 0.717) is 0 Å². The van der Waals surface area contributed by atoms with Crippen LogP contribution < -0.4 is 10.6 Å². The highest BCUT2D eigenvalue weighted by Gasteiger charge is 2.27. The molecule has 0 aliphatic heterocycles. The highest BCUT2D eigenvalue weighted by atomic mass is 31.1. The van der Waals surface area contributed by atoms with Gasteiger partial charge < -0.3 is 8.85 Å². The summed E-state index contributed by atoms with van der Waals surface area (Å²) in [5.74, 6) is 0. The number of benzene rings is 3. The van der Waals surface area contributed by atoms with Gasteiger partial charge in [-0.25, -0.2) is 0 Å². The molecule has 0 aromatic heterocycles. The van der Waals surface area contributed by atoms with E-state index in [1.54, 1.807) is 0 Å². The highest BCUT2D eigenvalue weighted by Crippen LogP contribution is 2.33. The first-order valence-corrected chi connectivity index (χ1v) is 21.1. The minimum Gasteiger partial charge on any atom is -0.381 e. The highest BCUT2D eigenvalue weighted by molar-refractivity contribution is 7.49. The van der Waals surface area contributed by atoms with Gasteiger partial charge in [-0.1, -0.05) is 60.7 Å². The Bertz CT molecular complexity index is 1140. The molecule has 3 rings (SSSR count). The summed E-state index contributed by atoms with van der Waals surface area (Å²) in [7, 11) is -1.42. The molecule has 0 radical (unpaired) electrons. The Morgan fingerprint density at radius 1 is 0.500 bits per heavy atom. The van der Waals surface area contributed by atoms with Crippen molar-refractivity contribution in [1.82, 2.24) is 0 Å². The van der Waals surface area contributed by atoms with E-state index in [9.17, 15) is 0 Å². The van der Waals surface area contributed by atoms with Crippen molar-refractivity contribution in [3.8, 4) is 0 Å². The Hall–Kier alpha value is -1.65. The van der Waals surface area contributed by atoms with E-state index in [0.717, 1.165) is 27.4 Å². The van der Waals surface area contributed by atoms with Crippen LogP contribution in [0.25, 0.3) is 0 Å². The van der Waals surface area contributed by atoms with Crippen LogP contribution >= 0.6 is 16.4 Å². The fraction of sp³-hybridized carbons (Fsp3) is 0.333. The molecule has 6 heteroatoms. The molecule has 0 aliphatic carbocycles. The van der Waals surface area contributed by atoms with E-state index < -0.39 is 16.6 Å². The van der Waals surface area contributed by atoms with Crippen molar-refractivity contribution in [2.45, 2.75) is 67.0 Å². The number of rotatable bonds is 8. The normalized spacial score (nSPS) is 13.3. The van der Waals surface area contributed by atoms with Crippen LogP contribution in [0, 0.1) is 27.7 Å². The zero-order chi connectivity index (χ0) is 26.7. The van der Waals surface area contributed by atoms with Gasteiger partial charge in [0.2, 0.25) is 0 Å². The van der Waals surface area contributed by atoms with E-state index in [1.807, 2.05) is 0 Å². The van der Waals surface area contributed by atoms with Gasteiger partial charge >= 0.3 is 0 Å². The second-order valence-electron chi connectivity index (χ2n) is 11.2. The summed E-state index contributed by atoms with van der Waals surface area (Å²) in [4.78, 5) is 0. The van der Waals surface area contributed by atoms with Crippen LogP contribution in [-0.4, -0.2) is 27.6 Å². The molecule has 0 aliphatic rings. The van der Waals surface area contributed by atoms with Crippen LogP contribution in [0.5, 0.6) is 0 Å². The quantitative estimate of drug-likeness (QED) is 0.208. The first-order valence-electron chi connectivity index (χ1n) is 12.5. The van der Waals surface area contributed by atoms with E-state index in [4.69, 9.17) is 8.85 Å². The molecular weight excluding hydrogens is 510 g/mol. The maximum atomic E-state index is 6.79. The molecule has 0 atom stereocenters. The Morgan fingerprint density at radius 2 is 0.778 bits per heavy atom. The molecule has 3 aromatic carbocycles. The van der Waals surface area contributed by atoms with E-state index >= 15 is 0 Å². The lowest BCUT2D eigenvalue weighted by molar-refractivity contribution is 0.563. The lowest BCUT2D eigenvalue weighted by Crippen LogP contribution is -2.32. The summed E-state index contributed by atoms with van der Waals surface area (Å²) in [6.45, 7) is 22.6. The van der Waals surface area contributed by atoms with Gasteiger partial charge in [-0.05, 0) is 106 Å². The Balaban J connectivity index is 2.28. The lowest BCUT2D eigenvalue weighted by Gasteiger charge is -2.28. The maximum absolute atomic E-state index is 6.79. The first kappa shape index (κ1) is 28.9. The molecule has 2 nitrogen and oxygen atoms in total. The van der Waals surface area contributed by atoms with Crippen LogP contribution in [-0.2, 0) is 8.85 Å². The third-order valence-electron chi connectivity index (χ3n) is 5.83. The monoisotopic (exact) mass is 550 g/mol. The van der Waals surface area contributed by atoms with E-state index in [2.05, 4.69) is 128 Å². The van der Waals surface area contributed by atoms with Crippen LogP contribution in [0.15, 0.2) is 60.7 Å². The standard InChI is InChI=1S/C30H40O2P2Si2/c1-21-22(2)28(30(32-36(8,9)10)34-26-19-15-12-16-20-26)24(4)23(3)27(21)29(31-35(5,6)7)33-25-17-13-11-14-18-25/h11-20H,1-10H3. The molecule has 0 spiro atoms. The average Bonchev–Trinajstić information content (AvgIpc) is 2.77. The molecule has 3 aromatic rings. The van der Waals surface area contributed by atoms with Crippen LogP contribution in [0.1, 0.15) is 33.4 Å². The molecule has 0 saturated heterocycles. The molecule has 0 bridgehead atoms. The molecule has 0 unspecified atom stereocenters. The molecule has 190 valence electrons. The minimum atomic E-state index is -1.83. The zero-order valence-electron chi connectivity index (χ0n) is 23.5. The largest absolute Gasteiger partial charge is 0.381 e. The first-order chi connectivity index (χ1) is 16.8. The Morgan fingerprint density at radius 3 is 1.03 bits per heavy atom. The summed E-state index contributed by atoms with van der Waals surface area (Å²) >= 11 is 0. The van der Waals surface area contributed by atoms with Crippen molar-refractivity contribution < 1.29 is 8.85 Å². The number of hydrogen-bond acceptors (Lipinski definition) is 2. The minimum absolute atomic E-state index is 1.07. The molecular formula is C30H40O2P2Si2. The number of hydrogen-bond donors (Lipinski definition) is 0. The predicted molar refractivity (Wildman–Crippen MR) is 168 cm³/mol. The van der Waals surface area contributed by atoms with Crippen molar-refractivity contribution in [2.75, 3.05) is 0 Å². The van der Waals surface area contributed by atoms with Crippen molar-refractivity contribution in [3.63, 3.8) is 0 Å². The van der Waals surface area contributed by atoms with Crippen molar-refractivity contribution in [1.29, 1.82) is 0 Å². The van der Waals surface area contributed by atoms with Crippen molar-refractivity contribution in [3.05, 3.63) is 94.0 Å². The van der Waals surface area contributed by atoms with Gasteiger partial charge in [0.15, 0.2) is 16.6 Å². The van der Waals surface area contributed by atoms with E-state index in [1.165, 1.54) is 44.0 Å². The van der Waals surface area contributed by atoms with Gasteiger partial charge in [-0.2, -0.15) is 0 Å². The third-order valence-corrected chi connectivity index (χ3v) is 9.96. The SMILES string of the molecule is Cc1c(C)c(C(O[Si](C)(C)C)=Pc2ccccc2)c(C)c(C)c1C(O[Si](C)(C)C)=Pc1ccccc1. The average molecular weight is 551 g/mol. The smallest absolute Gasteiger partial charge is 0.192 e. The second kappa shape index (κ2) is 11.8. The van der Waals surface area contributed by atoms with Gasteiger partial charge in [-0.15, -0.1) is 0 Å². The summed E-state index contributed by atoms with van der Waals surface area (Å²) in [6.07, 6.45) is 0. The Kier molecular flexibility index (Phi) is 9.49. The van der Waals surface area contributed by atoms with E-state index in [-0.39, 0.29) is 0 Å². The Labute approximate surface area is 224 Å². The second-order valence-corrected chi connectivity index (χ2v) is 22.3. The van der Waals surface area contributed by atoms with Crippen LogP contribution in [0.2, 0.25) is 39.3 Å². The fourth-order valence-electron chi connectivity index (χ4n) is 4.03. The predicted octanol–water partition coefficient (Wildman–Crippen LogP) is 8.12. The zero-order valence-corrected chi connectivity index (χ0v) is 27.3. The maximum Gasteiger partial charge on any atom is 0.192 e. The molecule has 0 heterocycles. The molecule has 36 heavy (non-hydrogen) atoms.